The van der Waals surface area contributed by atoms with Gasteiger partial charge in [0.1, 0.15) is 5.82 Å². The Balaban J connectivity index is 2.17. The maximum Gasteiger partial charge on any atom is 0.129 e. The third kappa shape index (κ3) is 2.35. The van der Waals surface area contributed by atoms with Gasteiger partial charge in [0.05, 0.1) is 0 Å². The third-order valence-electron chi connectivity index (χ3n) is 3.28. The van der Waals surface area contributed by atoms with Crippen LogP contribution < -0.4 is 10.6 Å². The fraction of sp³-hybridized carbons (Fsp3) is 0.538. The first kappa shape index (κ1) is 11.4. The van der Waals surface area contributed by atoms with E-state index in [1.54, 1.807) is 12.1 Å². The van der Waals surface area contributed by atoms with Gasteiger partial charge in [-0.2, -0.15) is 0 Å². The lowest BCUT2D eigenvalue weighted by atomic mass is 9.99. The number of anilines is 1. The molecule has 0 bridgehead atoms. The van der Waals surface area contributed by atoms with Crippen LogP contribution in [0.25, 0.3) is 0 Å². The molecule has 0 radical (unpaired) electrons. The molecule has 2 rings (SSSR count). The van der Waals surface area contributed by atoms with Crippen LogP contribution in [0.2, 0.25) is 0 Å². The van der Waals surface area contributed by atoms with Gasteiger partial charge in [0.15, 0.2) is 0 Å². The van der Waals surface area contributed by atoms with Gasteiger partial charge in [-0.3, -0.25) is 0 Å². The van der Waals surface area contributed by atoms with Gasteiger partial charge in [0, 0.05) is 30.9 Å². The molecule has 88 valence electrons. The molecule has 1 saturated heterocycles. The maximum atomic E-state index is 13.6. The van der Waals surface area contributed by atoms with Crippen molar-refractivity contribution in [2.45, 2.75) is 26.3 Å². The zero-order chi connectivity index (χ0) is 11.5. The van der Waals surface area contributed by atoms with Crippen molar-refractivity contribution in [3.05, 3.63) is 29.6 Å². The smallest absolute Gasteiger partial charge is 0.129 e. The average Bonchev–Trinajstić information content (AvgIpc) is 2.29. The fourth-order valence-corrected chi connectivity index (χ4v) is 2.32. The Kier molecular flexibility index (Phi) is 3.44. The summed E-state index contributed by atoms with van der Waals surface area (Å²) < 4.78 is 13.6. The summed E-state index contributed by atoms with van der Waals surface area (Å²) in [5.74, 6) is 0.518. The molecule has 1 unspecified atom stereocenters. The Hall–Kier alpha value is -1.09. The zero-order valence-electron chi connectivity index (χ0n) is 9.75. The van der Waals surface area contributed by atoms with Crippen LogP contribution in [0, 0.1) is 11.7 Å². The minimum absolute atomic E-state index is 0.182. The highest BCUT2D eigenvalue weighted by molar-refractivity contribution is 5.48. The number of nitrogens with two attached hydrogens (primary N) is 1. The maximum absolute atomic E-state index is 13.6. The first-order valence-corrected chi connectivity index (χ1v) is 5.94. The molecule has 0 aliphatic carbocycles. The Morgan fingerprint density at radius 2 is 2.31 bits per heavy atom. The molecule has 1 aromatic rings. The summed E-state index contributed by atoms with van der Waals surface area (Å²) in [4.78, 5) is 2.26. The minimum Gasteiger partial charge on any atom is -0.371 e. The van der Waals surface area contributed by atoms with E-state index in [0.717, 1.165) is 18.8 Å². The molecule has 0 amide bonds. The predicted molar refractivity (Wildman–Crippen MR) is 64.9 cm³/mol. The van der Waals surface area contributed by atoms with Gasteiger partial charge in [0.25, 0.3) is 0 Å². The number of hydrogen-bond acceptors (Lipinski definition) is 2. The van der Waals surface area contributed by atoms with Gasteiger partial charge in [0.2, 0.25) is 0 Å². The molecule has 0 aromatic heterocycles. The van der Waals surface area contributed by atoms with E-state index < -0.39 is 0 Å². The van der Waals surface area contributed by atoms with Gasteiger partial charge in [-0.1, -0.05) is 13.0 Å². The van der Waals surface area contributed by atoms with Crippen LogP contribution in [0.15, 0.2) is 18.2 Å². The van der Waals surface area contributed by atoms with Crippen LogP contribution in [-0.4, -0.2) is 13.1 Å². The summed E-state index contributed by atoms with van der Waals surface area (Å²) in [6.07, 6.45) is 2.47. The van der Waals surface area contributed by atoms with E-state index in [1.807, 2.05) is 6.07 Å². The van der Waals surface area contributed by atoms with Crippen molar-refractivity contribution in [3.8, 4) is 0 Å². The van der Waals surface area contributed by atoms with Gasteiger partial charge in [-0.25, -0.2) is 4.39 Å². The molecule has 0 spiro atoms. The number of rotatable bonds is 2. The largest absolute Gasteiger partial charge is 0.371 e. The van der Waals surface area contributed by atoms with Crippen molar-refractivity contribution in [3.63, 3.8) is 0 Å². The van der Waals surface area contributed by atoms with Crippen molar-refractivity contribution in [2.75, 3.05) is 18.0 Å². The zero-order valence-corrected chi connectivity index (χ0v) is 9.75. The molecule has 0 saturated carbocycles. The number of nitrogens with zero attached hydrogens (tertiary/aromatic N) is 1. The van der Waals surface area contributed by atoms with Crippen LogP contribution in [0.4, 0.5) is 10.1 Å². The molecule has 1 atom stereocenters. The van der Waals surface area contributed by atoms with Crippen molar-refractivity contribution >= 4 is 5.69 Å². The molecule has 1 aliphatic heterocycles. The second-order valence-corrected chi connectivity index (χ2v) is 4.67. The predicted octanol–water partition coefficient (Wildman–Crippen LogP) is 2.52. The van der Waals surface area contributed by atoms with E-state index in [4.69, 9.17) is 5.73 Å². The first-order chi connectivity index (χ1) is 7.70. The lowest BCUT2D eigenvalue weighted by molar-refractivity contribution is 0.446. The third-order valence-corrected chi connectivity index (χ3v) is 3.28. The fourth-order valence-electron chi connectivity index (χ4n) is 2.32. The van der Waals surface area contributed by atoms with Crippen LogP contribution in [0.3, 0.4) is 0 Å². The number of piperidine rings is 1. The summed E-state index contributed by atoms with van der Waals surface area (Å²) in [7, 11) is 0. The molecule has 2 nitrogen and oxygen atoms in total. The van der Waals surface area contributed by atoms with Gasteiger partial charge < -0.3 is 10.6 Å². The highest BCUT2D eigenvalue weighted by Crippen LogP contribution is 2.24. The van der Waals surface area contributed by atoms with Crippen molar-refractivity contribution in [1.82, 2.24) is 0 Å². The molecule has 1 fully saturated rings. The van der Waals surface area contributed by atoms with E-state index in [1.165, 1.54) is 12.8 Å². The first-order valence-electron chi connectivity index (χ1n) is 5.94. The van der Waals surface area contributed by atoms with E-state index in [0.29, 0.717) is 11.5 Å². The molecule has 16 heavy (non-hydrogen) atoms. The van der Waals surface area contributed by atoms with Gasteiger partial charge in [-0.15, -0.1) is 0 Å². The monoisotopic (exact) mass is 222 g/mol. The second kappa shape index (κ2) is 4.83. The van der Waals surface area contributed by atoms with Crippen molar-refractivity contribution < 1.29 is 4.39 Å². The van der Waals surface area contributed by atoms with Crippen LogP contribution >= 0.6 is 0 Å². The minimum atomic E-state index is -0.182. The standard InChI is InChI=1S/C13H19FN2/c1-10-3-2-6-16(9-10)12-5-4-11(8-15)13(14)7-12/h4-5,7,10H,2-3,6,8-9,15H2,1H3. The molecular weight excluding hydrogens is 203 g/mol. The van der Waals surface area contributed by atoms with Gasteiger partial charge >= 0.3 is 0 Å². The highest BCUT2D eigenvalue weighted by atomic mass is 19.1. The molecule has 3 heteroatoms. The van der Waals surface area contributed by atoms with E-state index in [2.05, 4.69) is 11.8 Å². The number of halogens is 1. The lowest BCUT2D eigenvalue weighted by Gasteiger charge is -2.32. The molecule has 2 N–H and O–H groups in total. The average molecular weight is 222 g/mol. The van der Waals surface area contributed by atoms with E-state index >= 15 is 0 Å². The SMILES string of the molecule is CC1CCCN(c2ccc(CN)c(F)c2)C1. The molecule has 1 heterocycles. The molecular formula is C13H19FN2. The Labute approximate surface area is 96.2 Å². The lowest BCUT2D eigenvalue weighted by Crippen LogP contribution is -2.34. The summed E-state index contributed by atoms with van der Waals surface area (Å²) in [5.41, 5.74) is 7.03. The molecule has 1 aromatic carbocycles. The quantitative estimate of drug-likeness (QED) is 0.833. The Morgan fingerprint density at radius 3 is 2.94 bits per heavy atom. The van der Waals surface area contributed by atoms with Gasteiger partial charge in [-0.05, 0) is 30.9 Å². The van der Waals surface area contributed by atoms with Crippen LogP contribution in [-0.2, 0) is 6.54 Å². The molecule has 1 aliphatic rings. The number of hydrogen-bond donors (Lipinski definition) is 1. The highest BCUT2D eigenvalue weighted by Gasteiger charge is 2.17. The topological polar surface area (TPSA) is 29.3 Å². The van der Waals surface area contributed by atoms with Crippen molar-refractivity contribution in [1.29, 1.82) is 0 Å². The second-order valence-electron chi connectivity index (χ2n) is 4.67. The van der Waals surface area contributed by atoms with E-state index in [9.17, 15) is 4.39 Å². The van der Waals surface area contributed by atoms with Crippen molar-refractivity contribution in [2.24, 2.45) is 11.7 Å². The summed E-state index contributed by atoms with van der Waals surface area (Å²) >= 11 is 0. The Bertz CT molecular complexity index is 365. The normalized spacial score (nSPS) is 21.2. The van der Waals surface area contributed by atoms with Crippen LogP contribution in [0.5, 0.6) is 0 Å². The van der Waals surface area contributed by atoms with E-state index in [-0.39, 0.29) is 12.4 Å². The summed E-state index contributed by atoms with van der Waals surface area (Å²) in [6.45, 7) is 4.58. The van der Waals surface area contributed by atoms with Crippen LogP contribution in [0.1, 0.15) is 25.3 Å². The number of benzene rings is 1. The Morgan fingerprint density at radius 1 is 1.50 bits per heavy atom. The summed E-state index contributed by atoms with van der Waals surface area (Å²) in [5, 5.41) is 0. The summed E-state index contributed by atoms with van der Waals surface area (Å²) in [6, 6.07) is 5.38.